The highest BCUT2D eigenvalue weighted by atomic mass is 16.5. The van der Waals surface area contributed by atoms with Crippen LogP contribution in [0.1, 0.15) is 10.4 Å². The second kappa shape index (κ2) is 8.67. The van der Waals surface area contributed by atoms with Gasteiger partial charge in [0.15, 0.2) is 0 Å². The molecule has 0 radical (unpaired) electrons. The molecule has 1 aromatic carbocycles. The standard InChI is InChI=1S/C21H23N5O2/c27-21(18-6-7-23-20(16-18)26-9-8-22-17-26)25-12-10-24(11-13-25)14-15-28-19-4-2-1-3-5-19/h1-9,16-17H,10-15H2. The van der Waals surface area contributed by atoms with Crippen molar-refractivity contribution in [3.05, 3.63) is 72.9 Å². The van der Waals surface area contributed by atoms with E-state index in [-0.39, 0.29) is 5.91 Å². The first-order chi connectivity index (χ1) is 13.8. The van der Waals surface area contributed by atoms with Gasteiger partial charge in [0.1, 0.15) is 24.5 Å². The lowest BCUT2D eigenvalue weighted by molar-refractivity contribution is 0.0620. The average Bonchev–Trinajstić information content (AvgIpc) is 3.30. The predicted molar refractivity (Wildman–Crippen MR) is 106 cm³/mol. The molecule has 0 saturated carbocycles. The fourth-order valence-corrected chi connectivity index (χ4v) is 3.25. The van der Waals surface area contributed by atoms with Crippen molar-refractivity contribution in [1.82, 2.24) is 24.3 Å². The van der Waals surface area contributed by atoms with Crippen LogP contribution in [-0.4, -0.2) is 69.6 Å². The topological polar surface area (TPSA) is 63.5 Å². The van der Waals surface area contributed by atoms with Crippen LogP contribution in [-0.2, 0) is 0 Å². The molecule has 3 aromatic rings. The SMILES string of the molecule is O=C(c1ccnc(-n2ccnc2)c1)N1CCN(CCOc2ccccc2)CC1. The van der Waals surface area contributed by atoms with Crippen LogP contribution in [0.5, 0.6) is 5.75 Å². The van der Waals surface area contributed by atoms with Crippen molar-refractivity contribution in [3.8, 4) is 11.6 Å². The first-order valence-corrected chi connectivity index (χ1v) is 9.43. The lowest BCUT2D eigenvalue weighted by Crippen LogP contribution is -2.49. The number of pyridine rings is 1. The van der Waals surface area contributed by atoms with E-state index in [2.05, 4.69) is 14.9 Å². The van der Waals surface area contributed by atoms with Crippen molar-refractivity contribution < 1.29 is 9.53 Å². The molecule has 1 aliphatic heterocycles. The first kappa shape index (κ1) is 18.2. The fraction of sp³-hybridized carbons (Fsp3) is 0.286. The Kier molecular flexibility index (Phi) is 5.63. The van der Waals surface area contributed by atoms with Crippen LogP contribution < -0.4 is 4.74 Å². The molecule has 1 saturated heterocycles. The summed E-state index contributed by atoms with van der Waals surface area (Å²) < 4.78 is 7.56. The van der Waals surface area contributed by atoms with Crippen LogP contribution in [0.4, 0.5) is 0 Å². The van der Waals surface area contributed by atoms with E-state index >= 15 is 0 Å². The monoisotopic (exact) mass is 377 g/mol. The summed E-state index contributed by atoms with van der Waals surface area (Å²) in [5.41, 5.74) is 0.652. The maximum atomic E-state index is 12.9. The Hall–Kier alpha value is -3.19. The van der Waals surface area contributed by atoms with Crippen molar-refractivity contribution in [2.75, 3.05) is 39.3 Å². The maximum Gasteiger partial charge on any atom is 0.254 e. The summed E-state index contributed by atoms with van der Waals surface area (Å²) in [6.45, 7) is 4.64. The summed E-state index contributed by atoms with van der Waals surface area (Å²) in [5, 5.41) is 0. The number of ether oxygens (including phenoxy) is 1. The lowest BCUT2D eigenvalue weighted by atomic mass is 10.2. The van der Waals surface area contributed by atoms with E-state index in [4.69, 9.17) is 4.74 Å². The average molecular weight is 377 g/mol. The number of piperazine rings is 1. The molecule has 2 aromatic heterocycles. The maximum absolute atomic E-state index is 12.9. The van der Waals surface area contributed by atoms with Gasteiger partial charge in [-0.2, -0.15) is 0 Å². The predicted octanol–water partition coefficient (Wildman–Crippen LogP) is 2.10. The van der Waals surface area contributed by atoms with Gasteiger partial charge in [-0.05, 0) is 24.3 Å². The third-order valence-electron chi connectivity index (χ3n) is 4.84. The van der Waals surface area contributed by atoms with Crippen LogP contribution in [0.25, 0.3) is 5.82 Å². The molecule has 1 fully saturated rings. The Labute approximate surface area is 164 Å². The highest BCUT2D eigenvalue weighted by molar-refractivity contribution is 5.94. The van der Waals surface area contributed by atoms with Gasteiger partial charge < -0.3 is 9.64 Å². The zero-order valence-corrected chi connectivity index (χ0v) is 15.6. The molecule has 7 heteroatoms. The van der Waals surface area contributed by atoms with E-state index in [0.717, 1.165) is 25.4 Å². The van der Waals surface area contributed by atoms with Gasteiger partial charge in [0.25, 0.3) is 5.91 Å². The van der Waals surface area contributed by atoms with Crippen molar-refractivity contribution in [3.63, 3.8) is 0 Å². The smallest absolute Gasteiger partial charge is 0.254 e. The molecule has 0 N–H and O–H groups in total. The lowest BCUT2D eigenvalue weighted by Gasteiger charge is -2.34. The van der Waals surface area contributed by atoms with Crippen molar-refractivity contribution >= 4 is 5.91 Å². The van der Waals surface area contributed by atoms with Crippen LogP contribution >= 0.6 is 0 Å². The van der Waals surface area contributed by atoms with Gasteiger partial charge in [-0.15, -0.1) is 0 Å². The quantitative estimate of drug-likeness (QED) is 0.658. The van der Waals surface area contributed by atoms with E-state index in [1.165, 1.54) is 0 Å². The Bertz CT molecular complexity index is 890. The summed E-state index contributed by atoms with van der Waals surface area (Å²) in [6.07, 6.45) is 6.84. The third kappa shape index (κ3) is 4.37. The number of carbonyl (C=O) groups excluding carboxylic acids is 1. The number of hydrogen-bond donors (Lipinski definition) is 0. The van der Waals surface area contributed by atoms with Crippen LogP contribution in [0.2, 0.25) is 0 Å². The number of amides is 1. The molecule has 4 rings (SSSR count). The first-order valence-electron chi connectivity index (χ1n) is 9.43. The molecule has 1 amide bonds. The molecule has 0 bridgehead atoms. The van der Waals surface area contributed by atoms with E-state index in [1.807, 2.05) is 47.5 Å². The molecule has 1 aliphatic rings. The molecule has 0 atom stereocenters. The number of rotatable bonds is 6. The highest BCUT2D eigenvalue weighted by Crippen LogP contribution is 2.12. The Morgan fingerprint density at radius 3 is 2.61 bits per heavy atom. The Morgan fingerprint density at radius 1 is 1.04 bits per heavy atom. The molecular formula is C21H23N5O2. The molecular weight excluding hydrogens is 354 g/mol. The van der Waals surface area contributed by atoms with Gasteiger partial charge in [0.2, 0.25) is 0 Å². The van der Waals surface area contributed by atoms with Gasteiger partial charge in [0, 0.05) is 56.9 Å². The fourth-order valence-electron chi connectivity index (χ4n) is 3.25. The molecule has 28 heavy (non-hydrogen) atoms. The summed E-state index contributed by atoms with van der Waals surface area (Å²) >= 11 is 0. The van der Waals surface area contributed by atoms with E-state index < -0.39 is 0 Å². The summed E-state index contributed by atoms with van der Waals surface area (Å²) in [7, 11) is 0. The van der Waals surface area contributed by atoms with Crippen LogP contribution in [0.15, 0.2) is 67.4 Å². The minimum absolute atomic E-state index is 0.0453. The van der Waals surface area contributed by atoms with Gasteiger partial charge in [-0.3, -0.25) is 14.3 Å². The van der Waals surface area contributed by atoms with Crippen LogP contribution in [0.3, 0.4) is 0 Å². The minimum Gasteiger partial charge on any atom is -0.492 e. The van der Waals surface area contributed by atoms with Gasteiger partial charge in [-0.25, -0.2) is 9.97 Å². The summed E-state index contributed by atoms with van der Waals surface area (Å²) in [4.78, 5) is 25.4. The van der Waals surface area contributed by atoms with Crippen LogP contribution in [0, 0.1) is 0 Å². The summed E-state index contributed by atoms with van der Waals surface area (Å²) in [5.74, 6) is 1.63. The number of aromatic nitrogens is 3. The van der Waals surface area contributed by atoms with E-state index in [1.54, 1.807) is 29.4 Å². The summed E-state index contributed by atoms with van der Waals surface area (Å²) in [6, 6.07) is 13.4. The number of hydrogen-bond acceptors (Lipinski definition) is 5. The normalized spacial score (nSPS) is 14.8. The van der Waals surface area contributed by atoms with Crippen molar-refractivity contribution in [2.45, 2.75) is 0 Å². The van der Waals surface area contributed by atoms with E-state index in [9.17, 15) is 4.79 Å². The molecule has 7 nitrogen and oxygen atoms in total. The second-order valence-corrected chi connectivity index (χ2v) is 6.67. The second-order valence-electron chi connectivity index (χ2n) is 6.67. The third-order valence-corrected chi connectivity index (χ3v) is 4.84. The number of nitrogens with zero attached hydrogens (tertiary/aromatic N) is 5. The molecule has 144 valence electrons. The molecule has 0 unspecified atom stereocenters. The largest absolute Gasteiger partial charge is 0.492 e. The van der Waals surface area contributed by atoms with E-state index in [0.29, 0.717) is 31.1 Å². The molecule has 3 heterocycles. The number of carbonyl (C=O) groups is 1. The molecule has 0 spiro atoms. The Morgan fingerprint density at radius 2 is 1.86 bits per heavy atom. The number of benzene rings is 1. The van der Waals surface area contributed by atoms with Gasteiger partial charge in [0.05, 0.1) is 0 Å². The molecule has 0 aliphatic carbocycles. The van der Waals surface area contributed by atoms with Gasteiger partial charge in [-0.1, -0.05) is 18.2 Å². The Balaban J connectivity index is 1.28. The van der Waals surface area contributed by atoms with Crippen molar-refractivity contribution in [2.24, 2.45) is 0 Å². The minimum atomic E-state index is 0.0453. The van der Waals surface area contributed by atoms with Gasteiger partial charge >= 0.3 is 0 Å². The number of imidazole rings is 1. The highest BCUT2D eigenvalue weighted by Gasteiger charge is 2.22. The number of para-hydroxylation sites is 1. The van der Waals surface area contributed by atoms with Crippen molar-refractivity contribution in [1.29, 1.82) is 0 Å². The zero-order valence-electron chi connectivity index (χ0n) is 15.6. The zero-order chi connectivity index (χ0) is 19.2.